The van der Waals surface area contributed by atoms with E-state index in [0.29, 0.717) is 103 Å². The van der Waals surface area contributed by atoms with E-state index in [4.69, 9.17) is 0 Å². The Morgan fingerprint density at radius 2 is 0.141 bits per heavy atom. The van der Waals surface area contributed by atoms with E-state index in [2.05, 4.69) is 0 Å². The highest BCUT2D eigenvalue weighted by Gasteiger charge is 2.96. The molecule has 8 aliphatic carbocycles. The van der Waals surface area contributed by atoms with Gasteiger partial charge >= 0.3 is 96.5 Å². The standard InChI is InChI=1S/C80H96N32O16/c113-49-81-33-85-51(115)89-37-93-55(119)97-41-101-59(123)105-45-109-63(127)111-47-107-61(125)103-43-99-57(121)95-39-91-53(117)87-35-83(49)66-18-2-1-17-65(66,81)82-34-86-52(116)90(68(89)20-4-3-19-67(68,85)86)38-94-56(120)98(72(97)24-8-7-23-71(72,93)94)42-102-60(124)106(76(105)28-12-11-27-75(76,101)102)46-110-64(128)112(80(111)32-16-15-31-79(80,109)110)48-108-62(126)104(77(103)29-13-14-30-78(77,107)108)44-100-58(122)96(73(95)25-9-10-26-74(73,99)100)40-92-54(118)88(36-84(66)50(82)114)69(87)21-5-6-22-70(69,91)92/h1-48H2. The lowest BCUT2D eigenvalue weighted by Gasteiger charge is -2.60. The first-order valence-electron chi connectivity index (χ1n) is 47.4. The van der Waals surface area contributed by atoms with Gasteiger partial charge in [-0.1, -0.05) is 0 Å². The lowest BCUT2D eigenvalue weighted by Crippen LogP contribution is -2.79. The van der Waals surface area contributed by atoms with E-state index in [1.54, 1.807) is 157 Å². The largest absolute Gasteiger partial charge is 0.326 e. The van der Waals surface area contributed by atoms with Crippen LogP contribution < -0.4 is 0 Å². The number of carbonyl (C=O) groups excluding carboxylic acids is 16. The molecule has 32 aliphatic rings. The summed E-state index contributed by atoms with van der Waals surface area (Å²) in [7, 11) is 0. The minimum absolute atomic E-state index is 0.112. The predicted octanol–water partition coefficient (Wildman–Crippen LogP) is 2.96. The zero-order valence-electron chi connectivity index (χ0n) is 70.8. The maximum Gasteiger partial charge on any atom is 0.326 e. The summed E-state index contributed by atoms with van der Waals surface area (Å²) in [5.74, 6) is 0. The molecule has 0 aromatic heterocycles. The molecule has 672 valence electrons. The Morgan fingerprint density at radius 3 is 0.188 bits per heavy atom. The van der Waals surface area contributed by atoms with Crippen molar-refractivity contribution in [1.29, 1.82) is 0 Å². The molecule has 0 radical (unpaired) electrons. The third-order valence-corrected chi connectivity index (χ3v) is 41.7. The average molecular weight is 1760 g/mol. The molecule has 32 amide bonds. The van der Waals surface area contributed by atoms with Crippen LogP contribution in [-0.4, -0.2) is 451 Å². The van der Waals surface area contributed by atoms with Crippen LogP contribution in [0.3, 0.4) is 0 Å². The maximum atomic E-state index is 17.5. The van der Waals surface area contributed by atoms with Crippen LogP contribution in [0, 0.1) is 0 Å². The highest BCUT2D eigenvalue weighted by atomic mass is 16.3. The summed E-state index contributed by atoms with van der Waals surface area (Å²) in [5, 5.41) is 0. The first kappa shape index (κ1) is 70.3. The quantitative estimate of drug-likeness (QED) is 0.336. The summed E-state index contributed by atoms with van der Waals surface area (Å²) in [6.07, 6.45) is 8.85. The summed E-state index contributed by atoms with van der Waals surface area (Å²) in [5.41, 5.74) is -28.1. The highest BCUT2D eigenvalue weighted by Crippen LogP contribution is 2.75. The van der Waals surface area contributed by atoms with Crippen molar-refractivity contribution < 1.29 is 76.7 Å². The van der Waals surface area contributed by atoms with Gasteiger partial charge in [0.15, 0.2) is 90.6 Å². The van der Waals surface area contributed by atoms with Crippen LogP contribution >= 0.6 is 0 Å². The van der Waals surface area contributed by atoms with E-state index in [-0.39, 0.29) is 103 Å². The molecule has 48 heteroatoms. The molecular formula is C80H96N32O16. The Balaban J connectivity index is 0.630. The molecule has 24 saturated heterocycles. The van der Waals surface area contributed by atoms with Gasteiger partial charge in [0.1, 0.15) is 107 Å². The number of amides is 32. The van der Waals surface area contributed by atoms with Crippen molar-refractivity contribution in [3.8, 4) is 0 Å². The van der Waals surface area contributed by atoms with Gasteiger partial charge in [0.2, 0.25) is 0 Å². The topological polar surface area (TPSA) is 377 Å². The third-order valence-electron chi connectivity index (χ3n) is 41.7. The van der Waals surface area contributed by atoms with Crippen LogP contribution in [0.25, 0.3) is 0 Å². The molecule has 0 aromatic carbocycles. The lowest BCUT2D eigenvalue weighted by atomic mass is 9.74. The zero-order valence-corrected chi connectivity index (χ0v) is 70.8. The first-order valence-corrected chi connectivity index (χ1v) is 47.4. The number of carbonyl (C=O) groups is 16. The molecule has 32 rings (SSSR count). The monoisotopic (exact) mass is 1760 g/mol. The number of hydrogen-bond acceptors (Lipinski definition) is 16. The number of rotatable bonds is 0. The summed E-state index contributed by atoms with van der Waals surface area (Å²) in [4.78, 5) is 332. The van der Waals surface area contributed by atoms with Crippen molar-refractivity contribution in [2.45, 2.75) is 296 Å². The number of urea groups is 16. The molecule has 0 N–H and O–H groups in total. The van der Waals surface area contributed by atoms with Gasteiger partial charge in [0.05, 0.1) is 0 Å². The van der Waals surface area contributed by atoms with Crippen molar-refractivity contribution in [2.24, 2.45) is 0 Å². The van der Waals surface area contributed by atoms with Gasteiger partial charge in [0, 0.05) is 0 Å². The molecular weight excluding hydrogens is 1670 g/mol. The SMILES string of the molecule is O=C1N2CN3C(=O)N4CN5C(=O)N6CN7C(=O)N8CN9C(=O)N%10CN%11C(=O)N%12CN%13C(=O)N%14CN%15C(=O)N%16CN1C1%17CCCCC21N1CN2C(=O)N(CN%18C(=O)N(CN%19C(=O)N(CN%20C(=O)N(CN%21C(=O)N(CN%22C(=O)N(CN%23C(=O)N(CN%17C1=O)C%161CCCCC%15%231)C%141CCCCC%13%221)C%121CCCCC%11%211)C%101CCCCC9%201)C81CCCCC7%191)C61CCCCC5%181)C41CCCCC321. The van der Waals surface area contributed by atoms with Gasteiger partial charge < -0.3 is 0 Å². The van der Waals surface area contributed by atoms with Gasteiger partial charge in [-0.2, -0.15) is 0 Å². The Hall–Kier alpha value is -11.7. The zero-order chi connectivity index (χ0) is 85.7. The second-order valence-corrected chi connectivity index (χ2v) is 43.2. The maximum absolute atomic E-state index is 17.5. The fraction of sp³-hybridized carbons (Fsp3) is 0.800. The minimum Gasteiger partial charge on any atom is -0.279 e. The molecule has 0 atom stereocenters. The van der Waals surface area contributed by atoms with Gasteiger partial charge in [-0.15, -0.1) is 0 Å². The van der Waals surface area contributed by atoms with Gasteiger partial charge in [0.25, 0.3) is 0 Å². The van der Waals surface area contributed by atoms with Crippen molar-refractivity contribution in [3.05, 3.63) is 0 Å². The van der Waals surface area contributed by atoms with Crippen LogP contribution in [0.2, 0.25) is 0 Å². The molecule has 0 aromatic rings. The smallest absolute Gasteiger partial charge is 0.279 e. The Labute approximate surface area is 729 Å². The average Bonchev–Trinajstić information content (AvgIpc) is 1.45. The van der Waals surface area contributed by atoms with Crippen molar-refractivity contribution >= 4 is 96.5 Å². The second kappa shape index (κ2) is 19.7. The van der Waals surface area contributed by atoms with Gasteiger partial charge in [-0.05, 0) is 205 Å². The van der Waals surface area contributed by atoms with E-state index < -0.39 is 294 Å². The molecule has 32 fully saturated rings. The number of nitrogens with zero attached hydrogens (tertiary/aromatic N) is 32. The van der Waals surface area contributed by atoms with Crippen LogP contribution in [0.15, 0.2) is 0 Å². The molecule has 24 aliphatic heterocycles. The van der Waals surface area contributed by atoms with E-state index >= 15 is 76.7 Å². The van der Waals surface area contributed by atoms with Gasteiger partial charge in [-0.3, -0.25) is 157 Å². The second-order valence-electron chi connectivity index (χ2n) is 43.2. The van der Waals surface area contributed by atoms with E-state index in [9.17, 15) is 0 Å². The van der Waals surface area contributed by atoms with Crippen LogP contribution in [-0.2, 0) is 0 Å². The van der Waals surface area contributed by atoms with E-state index in [1.807, 2.05) is 0 Å². The summed E-state index contributed by atoms with van der Waals surface area (Å²) < 4.78 is 0. The predicted molar refractivity (Wildman–Crippen MR) is 414 cm³/mol. The summed E-state index contributed by atoms with van der Waals surface area (Å²) in [6, 6.07) is -10.0. The van der Waals surface area contributed by atoms with Crippen molar-refractivity contribution in [3.63, 3.8) is 0 Å². The minimum atomic E-state index is -1.75. The Kier molecular flexibility index (Phi) is 10.8. The number of hydrogen-bond donors (Lipinski definition) is 0. The normalized spacial score (nSPS) is 46.8. The van der Waals surface area contributed by atoms with E-state index in [1.165, 1.54) is 0 Å². The Bertz CT molecular complexity index is 4170. The third kappa shape index (κ3) is 5.51. The molecule has 0 bridgehead atoms. The summed E-state index contributed by atoms with van der Waals surface area (Å²) >= 11 is 0. The van der Waals surface area contributed by atoms with Crippen molar-refractivity contribution in [2.75, 3.05) is 107 Å². The van der Waals surface area contributed by atoms with Crippen LogP contribution in [0.5, 0.6) is 0 Å². The van der Waals surface area contributed by atoms with Crippen molar-refractivity contribution in [1.82, 2.24) is 157 Å². The fourth-order valence-corrected chi connectivity index (χ4v) is 38.0. The highest BCUT2D eigenvalue weighted by molar-refractivity contribution is 6.01. The summed E-state index contributed by atoms with van der Waals surface area (Å²) in [6.45, 7) is -8.26. The van der Waals surface area contributed by atoms with Crippen LogP contribution in [0.4, 0.5) is 76.7 Å². The van der Waals surface area contributed by atoms with E-state index in [0.717, 1.165) is 0 Å². The fourth-order valence-electron chi connectivity index (χ4n) is 38.0. The Morgan fingerprint density at radius 1 is 0.0938 bits per heavy atom. The molecule has 8 saturated carbocycles. The molecule has 24 heterocycles. The first-order chi connectivity index (χ1) is 61.9. The molecule has 16 spiro atoms. The van der Waals surface area contributed by atoms with Gasteiger partial charge in [-0.25, -0.2) is 76.7 Å². The van der Waals surface area contributed by atoms with Crippen LogP contribution in [0.1, 0.15) is 205 Å². The molecule has 0 unspecified atom stereocenters. The lowest BCUT2D eigenvalue weighted by molar-refractivity contribution is -0.202. The molecule has 48 nitrogen and oxygen atoms in total. The molecule has 128 heavy (non-hydrogen) atoms.